The Kier molecular flexibility index (Phi) is 19.9. The van der Waals surface area contributed by atoms with E-state index in [-0.39, 0.29) is 30.6 Å². The molecule has 7 N–H and O–H groups in total. The quantitative estimate of drug-likeness (QED) is 0.107. The maximum absolute atomic E-state index is 14.6. The highest BCUT2D eigenvalue weighted by molar-refractivity contribution is 5.83. The number of aliphatic hydroxyl groups is 6. The minimum Gasteiger partial charge on any atom is -0.459 e. The van der Waals surface area contributed by atoms with E-state index in [1.165, 1.54) is 31.9 Å². The Balaban J connectivity index is 1.27. The van der Waals surface area contributed by atoms with Crippen molar-refractivity contribution in [1.29, 1.82) is 0 Å². The van der Waals surface area contributed by atoms with E-state index in [1.54, 1.807) is 72.1 Å². The summed E-state index contributed by atoms with van der Waals surface area (Å²) in [5.74, 6) is -5.25. The van der Waals surface area contributed by atoms with E-state index in [2.05, 4.69) is 15.3 Å². The van der Waals surface area contributed by atoms with Crippen LogP contribution < -0.4 is 5.56 Å². The third kappa shape index (κ3) is 13.0. The molecule has 420 valence electrons. The lowest BCUT2D eigenvalue weighted by Gasteiger charge is -2.52. The number of nitrogens with zero attached hydrogens (tertiary/aromatic N) is 4. The topological polar surface area (TPSA) is 278 Å². The number of cyclic esters (lactones) is 1. The van der Waals surface area contributed by atoms with Crippen molar-refractivity contribution in [2.75, 3.05) is 34.4 Å². The van der Waals surface area contributed by atoms with Gasteiger partial charge in [-0.3, -0.25) is 14.4 Å². The molecule has 3 fully saturated rings. The first-order chi connectivity index (χ1) is 35.2. The van der Waals surface area contributed by atoms with Gasteiger partial charge in [0, 0.05) is 75.9 Å². The summed E-state index contributed by atoms with van der Waals surface area (Å²) in [5.41, 5.74) is -1.85. The number of pyridine rings is 1. The van der Waals surface area contributed by atoms with Crippen LogP contribution in [0.25, 0.3) is 11.1 Å². The minimum absolute atomic E-state index is 0.0662. The van der Waals surface area contributed by atoms with Crippen LogP contribution in [0.2, 0.25) is 0 Å². The average Bonchev–Trinajstić information content (AvgIpc) is 3.86. The molecule has 0 radical (unpaired) electrons. The van der Waals surface area contributed by atoms with Gasteiger partial charge in [-0.15, -0.1) is 5.10 Å². The fourth-order valence-electron chi connectivity index (χ4n) is 12.1. The lowest BCUT2D eigenvalue weighted by Crippen LogP contribution is -2.62. The van der Waals surface area contributed by atoms with Gasteiger partial charge in [-0.2, -0.15) is 0 Å². The smallest absolute Gasteiger partial charge is 0.309 e. The number of benzene rings is 1. The van der Waals surface area contributed by atoms with Gasteiger partial charge in [-0.05, 0) is 89.6 Å². The van der Waals surface area contributed by atoms with Gasteiger partial charge in [0.15, 0.2) is 6.29 Å². The number of aromatic nitrogens is 4. The Morgan fingerprint density at radius 2 is 1.55 bits per heavy atom. The average molecular weight is 1060 g/mol. The summed E-state index contributed by atoms with van der Waals surface area (Å²) in [5, 5.41) is 77.7. The summed E-state index contributed by atoms with van der Waals surface area (Å²) in [4.78, 5) is 45.1. The number of hydrogen-bond donors (Lipinski definition) is 7. The van der Waals surface area contributed by atoms with Gasteiger partial charge in [0.2, 0.25) is 5.56 Å². The molecule has 0 spiro atoms. The maximum atomic E-state index is 14.6. The fourth-order valence-corrected chi connectivity index (χ4v) is 12.1. The highest BCUT2D eigenvalue weighted by Gasteiger charge is 2.56. The fraction of sp³-hybridized carbons (Fsp3) is 0.727. The summed E-state index contributed by atoms with van der Waals surface area (Å²) in [6.07, 6.45) is -5.82. The Morgan fingerprint density at radius 3 is 2.15 bits per heavy atom. The molecule has 20 heteroatoms. The number of likely N-dealkylation sites (N-methyl/N-ethyl adjacent to an activating group) is 1. The van der Waals surface area contributed by atoms with E-state index in [0.29, 0.717) is 30.6 Å². The number of ether oxygens (including phenoxy) is 6. The van der Waals surface area contributed by atoms with Crippen LogP contribution in [-0.4, -0.2) is 180 Å². The largest absolute Gasteiger partial charge is 0.459 e. The highest BCUT2D eigenvalue weighted by Crippen LogP contribution is 2.46. The molecule has 6 rings (SSSR count). The molecule has 5 heterocycles. The monoisotopic (exact) mass is 1060 g/mol. The molecular formula is C55H85N5O15. The van der Waals surface area contributed by atoms with Crippen molar-refractivity contribution in [3.63, 3.8) is 0 Å². The molecule has 3 aliphatic rings. The van der Waals surface area contributed by atoms with Crippen LogP contribution in [0.1, 0.15) is 118 Å². The lowest BCUT2D eigenvalue weighted by molar-refractivity contribution is -0.305. The number of ketones is 1. The Bertz CT molecular complexity index is 2380. The Morgan fingerprint density at radius 1 is 0.893 bits per heavy atom. The number of nitrogens with one attached hydrogen (secondary N) is 1. The van der Waals surface area contributed by atoms with Gasteiger partial charge >= 0.3 is 5.97 Å². The number of H-pyrrole nitrogens is 1. The zero-order chi connectivity index (χ0) is 55.5. The van der Waals surface area contributed by atoms with Gasteiger partial charge in [-0.1, -0.05) is 64.1 Å². The summed E-state index contributed by atoms with van der Waals surface area (Å²) < 4.78 is 40.1. The van der Waals surface area contributed by atoms with Crippen molar-refractivity contribution < 1.29 is 68.6 Å². The van der Waals surface area contributed by atoms with E-state index >= 15 is 0 Å². The Labute approximate surface area is 441 Å². The number of carbonyl (C=O) groups excluding carboxylic acids is 2. The molecule has 0 aliphatic carbocycles. The Hall–Kier alpha value is -4.03. The number of aromatic amines is 1. The van der Waals surface area contributed by atoms with Crippen molar-refractivity contribution in [2.45, 2.75) is 191 Å². The first-order valence-electron chi connectivity index (χ1n) is 26.5. The van der Waals surface area contributed by atoms with Crippen LogP contribution in [0.5, 0.6) is 0 Å². The molecule has 1 aromatic carbocycles. The van der Waals surface area contributed by atoms with Gasteiger partial charge in [0.25, 0.3) is 0 Å². The van der Waals surface area contributed by atoms with Crippen molar-refractivity contribution in [2.24, 2.45) is 29.6 Å². The van der Waals surface area contributed by atoms with Crippen LogP contribution in [-0.2, 0) is 44.4 Å². The van der Waals surface area contributed by atoms with Crippen LogP contribution in [0.4, 0.5) is 0 Å². The number of esters is 1. The van der Waals surface area contributed by atoms with Crippen molar-refractivity contribution in [3.8, 4) is 11.1 Å². The third-order valence-corrected chi connectivity index (χ3v) is 17.1. The van der Waals surface area contributed by atoms with Crippen LogP contribution >= 0.6 is 0 Å². The van der Waals surface area contributed by atoms with Crippen LogP contribution in [0.15, 0.2) is 53.6 Å². The predicted molar refractivity (Wildman–Crippen MR) is 276 cm³/mol. The standard InChI is InChI=1S/C55H85N5O15/c1-14-42-55(10,69)48(66)33(6)45(63)29(2)24-54(9,71-13)50(31(4)44(32(5)51(68)74-42)41-25-53(8,70-12)49(67)34(7)73-41)75-52-47(65)39(23-30(3)72-52)59(11)22-21-38-27-60(58-57-38)40(28-61)46(64)36-17-15-35(16-18-36)37-19-20-43(62)56-26-37/h15-20,26-27,29-34,39-42,44,46-50,52,61,64-67,69H,14,21-25,28H2,1-13H3,(H,56,62)/t29-,30-,31+,32-,33+,34+,39+,40-,41-,42-,44?,46-,47-,48-,49+,50-,52+,53-,54-,55-/m1/s1. The van der Waals surface area contributed by atoms with Gasteiger partial charge in [0.1, 0.15) is 41.8 Å². The number of methoxy groups -OCH3 is 2. The summed E-state index contributed by atoms with van der Waals surface area (Å²) in [6, 6.07) is 8.95. The first-order valence-corrected chi connectivity index (χ1v) is 26.5. The molecule has 0 amide bonds. The molecule has 75 heavy (non-hydrogen) atoms. The van der Waals surface area contributed by atoms with Gasteiger partial charge in [-0.25, -0.2) is 4.68 Å². The molecule has 3 aliphatic heterocycles. The van der Waals surface area contributed by atoms with Crippen LogP contribution in [0.3, 0.4) is 0 Å². The lowest BCUT2D eigenvalue weighted by atomic mass is 9.67. The molecule has 20 atom stereocenters. The predicted octanol–water partition coefficient (Wildman–Crippen LogP) is 3.54. The number of Topliss-reactive ketones (excluding diaryl/α,β-unsaturated/α-hetero) is 1. The van der Waals surface area contributed by atoms with Crippen molar-refractivity contribution >= 4 is 11.8 Å². The molecule has 3 aromatic rings. The summed E-state index contributed by atoms with van der Waals surface area (Å²) >= 11 is 0. The second kappa shape index (κ2) is 24.7. The van der Waals surface area contributed by atoms with E-state index in [1.807, 2.05) is 44.9 Å². The maximum Gasteiger partial charge on any atom is 0.309 e. The van der Waals surface area contributed by atoms with Gasteiger partial charge < -0.3 is 68.9 Å². The van der Waals surface area contributed by atoms with E-state index in [0.717, 1.165) is 11.1 Å². The van der Waals surface area contributed by atoms with Gasteiger partial charge in [0.05, 0.1) is 59.9 Å². The number of hydrogen-bond acceptors (Lipinski definition) is 18. The normalized spacial score (nSPS) is 38.4. The van der Waals surface area contributed by atoms with Crippen molar-refractivity contribution in [3.05, 3.63) is 70.4 Å². The molecule has 1 unspecified atom stereocenters. The number of rotatable bonds is 15. The van der Waals surface area contributed by atoms with E-state index < -0.39 is 132 Å². The molecule has 0 bridgehead atoms. The second-order valence-electron chi connectivity index (χ2n) is 22.4. The molecule has 0 saturated carbocycles. The SMILES string of the molecule is CC[C@H]1OC(=O)[C@H](C)C([C@H]2C[C@@](C)(OC)[C@@H](O)[C@H](C)O2)[C@H](C)[C@@H](O[C@@H]2O[C@H](C)C[C@H](N(C)CCc3cn([C@H](CO)[C@H](O)c4ccc(-c5ccc(=O)[nH]c5)cc4)nn3)[C@H]2O)[C@](C)(OC)C[C@@H](C)C(=O)[C@H](C)[C@@H](O)[C@]1(C)O. The van der Waals surface area contributed by atoms with Crippen molar-refractivity contribution in [1.82, 2.24) is 24.9 Å². The van der Waals surface area contributed by atoms with Crippen LogP contribution in [0, 0.1) is 29.6 Å². The molecular weight excluding hydrogens is 971 g/mol. The summed E-state index contributed by atoms with van der Waals surface area (Å²) in [6.45, 7) is 17.2. The number of aliphatic hydroxyl groups excluding tert-OH is 5. The summed E-state index contributed by atoms with van der Waals surface area (Å²) in [7, 11) is 4.90. The first kappa shape index (κ1) is 60.2. The minimum atomic E-state index is -2.00. The van der Waals surface area contributed by atoms with E-state index in [9.17, 15) is 45.0 Å². The zero-order valence-corrected chi connectivity index (χ0v) is 46.0. The van der Waals surface area contributed by atoms with E-state index in [4.69, 9.17) is 28.4 Å². The molecule has 3 saturated heterocycles. The molecule has 2 aromatic heterocycles. The second-order valence-corrected chi connectivity index (χ2v) is 22.4. The number of carbonyl (C=O) groups is 2. The zero-order valence-electron chi connectivity index (χ0n) is 46.0. The highest BCUT2D eigenvalue weighted by atomic mass is 16.7. The molecule has 20 nitrogen and oxygen atoms in total. The third-order valence-electron chi connectivity index (χ3n) is 17.1.